The van der Waals surface area contributed by atoms with Crippen molar-refractivity contribution < 1.29 is 4.79 Å². The summed E-state index contributed by atoms with van der Waals surface area (Å²) in [5.41, 5.74) is 0.917. The molecule has 0 aliphatic carbocycles. The van der Waals surface area contributed by atoms with Crippen LogP contribution in [0.4, 0.5) is 5.82 Å². The number of pyridine rings is 1. The summed E-state index contributed by atoms with van der Waals surface area (Å²) < 4.78 is 0. The van der Waals surface area contributed by atoms with E-state index >= 15 is 0 Å². The van der Waals surface area contributed by atoms with Gasteiger partial charge in [0, 0.05) is 19.7 Å². The fourth-order valence-corrected chi connectivity index (χ4v) is 0.877. The molecule has 0 atom stereocenters. The topological polar surface area (TPSA) is 33.2 Å². The maximum absolute atomic E-state index is 10.9. The summed E-state index contributed by atoms with van der Waals surface area (Å²) in [6.07, 6.45) is 0. The molecule has 14 heavy (non-hydrogen) atoms. The molecule has 3 heteroatoms. The molecule has 0 N–H and O–H groups in total. The van der Waals surface area contributed by atoms with Crippen LogP contribution in [0.15, 0.2) is 18.2 Å². The van der Waals surface area contributed by atoms with Gasteiger partial charge in [0.1, 0.15) is 5.82 Å². The monoisotopic (exact) mass is 194 g/mol. The van der Waals surface area contributed by atoms with E-state index in [1.165, 1.54) is 11.8 Å². The first kappa shape index (κ1) is 12.6. The van der Waals surface area contributed by atoms with Crippen molar-refractivity contribution in [3.05, 3.63) is 23.9 Å². The minimum atomic E-state index is -0.00639. The minimum Gasteiger partial charge on any atom is -0.300 e. The van der Waals surface area contributed by atoms with E-state index in [1.807, 2.05) is 39.0 Å². The Morgan fingerprint density at radius 2 is 1.93 bits per heavy atom. The van der Waals surface area contributed by atoms with Gasteiger partial charge in [-0.05, 0) is 19.1 Å². The van der Waals surface area contributed by atoms with Crippen LogP contribution < -0.4 is 4.90 Å². The van der Waals surface area contributed by atoms with Gasteiger partial charge in [0.05, 0.1) is 0 Å². The third-order valence-electron chi connectivity index (χ3n) is 1.69. The fraction of sp³-hybridized carbons (Fsp3) is 0.455. The normalized spacial score (nSPS) is 8.64. The molecule has 78 valence electrons. The predicted octanol–water partition coefficient (Wildman–Crippen LogP) is 2.40. The van der Waals surface area contributed by atoms with Crippen LogP contribution in [0.25, 0.3) is 0 Å². The van der Waals surface area contributed by atoms with Gasteiger partial charge in [0.15, 0.2) is 0 Å². The van der Waals surface area contributed by atoms with Crippen LogP contribution in [-0.4, -0.2) is 17.9 Å². The van der Waals surface area contributed by atoms with Crippen molar-refractivity contribution in [2.24, 2.45) is 0 Å². The number of hydrogen-bond donors (Lipinski definition) is 0. The Hall–Kier alpha value is -1.38. The Morgan fingerprint density at radius 3 is 2.36 bits per heavy atom. The molecule has 0 aliphatic rings. The summed E-state index contributed by atoms with van der Waals surface area (Å²) in [5, 5.41) is 0. The largest absolute Gasteiger partial charge is 0.300 e. The van der Waals surface area contributed by atoms with Gasteiger partial charge >= 0.3 is 0 Å². The molecule has 0 aromatic carbocycles. The minimum absolute atomic E-state index is 0.00639. The van der Waals surface area contributed by atoms with Crippen molar-refractivity contribution in [3.63, 3.8) is 0 Å². The molecule has 1 rings (SSSR count). The van der Waals surface area contributed by atoms with Gasteiger partial charge in [-0.1, -0.05) is 19.9 Å². The lowest BCUT2D eigenvalue weighted by atomic mass is 10.3. The molecule has 3 nitrogen and oxygen atoms in total. The lowest BCUT2D eigenvalue weighted by Crippen LogP contribution is -2.23. The average molecular weight is 194 g/mol. The summed E-state index contributed by atoms with van der Waals surface area (Å²) in [5.74, 6) is 0.690. The van der Waals surface area contributed by atoms with Crippen molar-refractivity contribution in [2.45, 2.75) is 27.7 Å². The Balaban J connectivity index is 0.000000791. The molecule has 0 saturated carbocycles. The van der Waals surface area contributed by atoms with Crippen LogP contribution in [0.3, 0.4) is 0 Å². The Labute approximate surface area is 85.8 Å². The molecule has 0 unspecified atom stereocenters. The smallest absolute Gasteiger partial charge is 0.224 e. The highest BCUT2D eigenvalue weighted by Gasteiger charge is 2.05. The number of carbonyl (C=O) groups excluding carboxylic acids is 1. The summed E-state index contributed by atoms with van der Waals surface area (Å²) in [4.78, 5) is 16.7. The van der Waals surface area contributed by atoms with Crippen LogP contribution in [0.1, 0.15) is 26.5 Å². The van der Waals surface area contributed by atoms with E-state index < -0.39 is 0 Å². The zero-order valence-corrected chi connectivity index (χ0v) is 9.53. The van der Waals surface area contributed by atoms with Gasteiger partial charge in [-0.3, -0.25) is 4.79 Å². The number of amides is 1. The summed E-state index contributed by atoms with van der Waals surface area (Å²) in [6.45, 7) is 7.42. The van der Waals surface area contributed by atoms with Crippen molar-refractivity contribution in [2.75, 3.05) is 11.9 Å². The van der Waals surface area contributed by atoms with Crippen LogP contribution in [-0.2, 0) is 4.79 Å². The molecular weight excluding hydrogens is 176 g/mol. The van der Waals surface area contributed by atoms with Crippen LogP contribution >= 0.6 is 0 Å². The second-order valence-electron chi connectivity index (χ2n) is 2.72. The molecule has 0 radical (unpaired) electrons. The highest BCUT2D eigenvalue weighted by atomic mass is 16.2. The van der Waals surface area contributed by atoms with Crippen molar-refractivity contribution in [1.82, 2.24) is 4.98 Å². The van der Waals surface area contributed by atoms with E-state index in [2.05, 4.69) is 4.98 Å². The number of hydrogen-bond acceptors (Lipinski definition) is 2. The molecule has 1 heterocycles. The summed E-state index contributed by atoms with van der Waals surface area (Å²) in [6, 6.07) is 5.60. The quantitative estimate of drug-likeness (QED) is 0.687. The Morgan fingerprint density at radius 1 is 1.36 bits per heavy atom. The SMILES string of the molecule is CC.CC(=O)N(C)c1cccc(C)n1. The number of carbonyl (C=O) groups is 1. The molecule has 1 aromatic rings. The first-order valence-corrected chi connectivity index (χ1v) is 4.79. The number of anilines is 1. The van der Waals surface area contributed by atoms with Gasteiger partial charge in [-0.25, -0.2) is 4.98 Å². The van der Waals surface area contributed by atoms with E-state index in [4.69, 9.17) is 0 Å². The molecule has 1 aromatic heterocycles. The van der Waals surface area contributed by atoms with Gasteiger partial charge in [0.2, 0.25) is 5.91 Å². The maximum Gasteiger partial charge on any atom is 0.224 e. The van der Waals surface area contributed by atoms with E-state index in [0.29, 0.717) is 5.82 Å². The Kier molecular flexibility index (Phi) is 5.53. The molecule has 0 bridgehead atoms. The van der Waals surface area contributed by atoms with Crippen molar-refractivity contribution >= 4 is 11.7 Å². The number of aryl methyl sites for hydroxylation is 1. The van der Waals surface area contributed by atoms with E-state index in [9.17, 15) is 4.79 Å². The highest BCUT2D eigenvalue weighted by molar-refractivity contribution is 5.89. The standard InChI is InChI=1S/C9H12N2O.C2H6/c1-7-5-4-6-9(10-7)11(3)8(2)12;1-2/h4-6H,1-3H3;1-2H3. The average Bonchev–Trinajstić information content (AvgIpc) is 2.19. The van der Waals surface area contributed by atoms with Gasteiger partial charge in [-0.15, -0.1) is 0 Å². The zero-order chi connectivity index (χ0) is 11.1. The van der Waals surface area contributed by atoms with Crippen molar-refractivity contribution in [3.8, 4) is 0 Å². The molecule has 0 fully saturated rings. The van der Waals surface area contributed by atoms with Crippen molar-refractivity contribution in [1.29, 1.82) is 0 Å². The number of aromatic nitrogens is 1. The molecule has 0 aliphatic heterocycles. The van der Waals surface area contributed by atoms with Crippen LogP contribution in [0.5, 0.6) is 0 Å². The first-order valence-electron chi connectivity index (χ1n) is 4.79. The van der Waals surface area contributed by atoms with Gasteiger partial charge in [0.25, 0.3) is 0 Å². The van der Waals surface area contributed by atoms with E-state index in [1.54, 1.807) is 7.05 Å². The molecule has 1 amide bonds. The molecular formula is C11H18N2O. The molecule has 0 spiro atoms. The number of nitrogens with zero attached hydrogens (tertiary/aromatic N) is 2. The van der Waals surface area contributed by atoms with Gasteiger partial charge in [-0.2, -0.15) is 0 Å². The third-order valence-corrected chi connectivity index (χ3v) is 1.69. The second-order valence-corrected chi connectivity index (χ2v) is 2.72. The molecule has 0 saturated heterocycles. The van der Waals surface area contributed by atoms with Crippen LogP contribution in [0, 0.1) is 6.92 Å². The fourth-order valence-electron chi connectivity index (χ4n) is 0.877. The lowest BCUT2D eigenvalue weighted by Gasteiger charge is -2.13. The highest BCUT2D eigenvalue weighted by Crippen LogP contribution is 2.08. The lowest BCUT2D eigenvalue weighted by molar-refractivity contribution is -0.116. The zero-order valence-electron chi connectivity index (χ0n) is 9.53. The maximum atomic E-state index is 10.9. The van der Waals surface area contributed by atoms with Crippen LogP contribution in [0.2, 0.25) is 0 Å². The van der Waals surface area contributed by atoms with Gasteiger partial charge < -0.3 is 4.90 Å². The first-order chi connectivity index (χ1) is 6.61. The van der Waals surface area contributed by atoms with E-state index in [0.717, 1.165) is 5.69 Å². The third kappa shape index (κ3) is 3.56. The number of rotatable bonds is 1. The van der Waals surface area contributed by atoms with E-state index in [-0.39, 0.29) is 5.91 Å². The Bertz CT molecular complexity index is 297. The second kappa shape index (κ2) is 6.13. The summed E-state index contributed by atoms with van der Waals surface area (Å²) in [7, 11) is 1.71. The summed E-state index contributed by atoms with van der Waals surface area (Å²) >= 11 is 0. The predicted molar refractivity (Wildman–Crippen MR) is 59.4 cm³/mol.